The van der Waals surface area contributed by atoms with Gasteiger partial charge >= 0.3 is 0 Å². The van der Waals surface area contributed by atoms with E-state index in [4.69, 9.17) is 9.73 Å². The number of rotatable bonds is 8. The Balaban J connectivity index is 0.00000364. The molecule has 2 aromatic rings. The van der Waals surface area contributed by atoms with Crippen LogP contribution in [0.3, 0.4) is 0 Å². The minimum Gasteiger partial charge on any atom is -0.377 e. The van der Waals surface area contributed by atoms with Crippen molar-refractivity contribution < 1.29 is 4.74 Å². The Kier molecular flexibility index (Phi) is 10.4. The van der Waals surface area contributed by atoms with Crippen LogP contribution in [0.4, 0.5) is 0 Å². The predicted octanol–water partition coefficient (Wildman–Crippen LogP) is 3.45. The molecule has 0 aliphatic heterocycles. The monoisotopic (exact) mass is 485 g/mol. The minimum absolute atomic E-state index is 0. The van der Waals surface area contributed by atoms with E-state index in [1.807, 2.05) is 25.6 Å². The first-order valence-electron chi connectivity index (χ1n) is 9.21. The van der Waals surface area contributed by atoms with Crippen LogP contribution in [0.15, 0.2) is 29.3 Å². The van der Waals surface area contributed by atoms with Gasteiger partial charge < -0.3 is 15.4 Å². The summed E-state index contributed by atoms with van der Waals surface area (Å²) in [5.74, 6) is 0.813. The van der Waals surface area contributed by atoms with Gasteiger partial charge in [-0.05, 0) is 38.8 Å². The number of halogens is 1. The fourth-order valence-corrected chi connectivity index (χ4v) is 2.72. The lowest BCUT2D eigenvalue weighted by atomic mass is 10.1. The average molecular weight is 485 g/mol. The fraction of sp³-hybridized carbons (Fsp3) is 0.500. The van der Waals surface area contributed by atoms with Gasteiger partial charge in [-0.1, -0.05) is 24.3 Å². The molecular weight excluding hydrogens is 453 g/mol. The molecule has 0 saturated carbocycles. The predicted molar refractivity (Wildman–Crippen MR) is 122 cm³/mol. The van der Waals surface area contributed by atoms with Gasteiger partial charge in [0.15, 0.2) is 5.96 Å². The van der Waals surface area contributed by atoms with Gasteiger partial charge in [0.1, 0.15) is 0 Å². The van der Waals surface area contributed by atoms with Crippen molar-refractivity contribution in [2.24, 2.45) is 12.0 Å². The van der Waals surface area contributed by atoms with Crippen LogP contribution < -0.4 is 10.6 Å². The van der Waals surface area contributed by atoms with Crippen molar-refractivity contribution >= 4 is 29.9 Å². The fourth-order valence-electron chi connectivity index (χ4n) is 2.72. The highest BCUT2D eigenvalue weighted by molar-refractivity contribution is 14.0. The second-order valence-electron chi connectivity index (χ2n) is 6.28. The summed E-state index contributed by atoms with van der Waals surface area (Å²) in [4.78, 5) is 4.69. The number of aromatic nitrogens is 2. The second-order valence-corrected chi connectivity index (χ2v) is 6.28. The number of guanidine groups is 1. The van der Waals surface area contributed by atoms with Gasteiger partial charge in [0, 0.05) is 38.0 Å². The summed E-state index contributed by atoms with van der Waals surface area (Å²) >= 11 is 0. The lowest BCUT2D eigenvalue weighted by Crippen LogP contribution is -2.37. The van der Waals surface area contributed by atoms with Crippen LogP contribution in [0.2, 0.25) is 0 Å². The summed E-state index contributed by atoms with van der Waals surface area (Å²) in [6, 6.07) is 8.42. The zero-order valence-electron chi connectivity index (χ0n) is 17.0. The molecule has 0 radical (unpaired) electrons. The van der Waals surface area contributed by atoms with Crippen molar-refractivity contribution in [3.8, 4) is 0 Å². The van der Waals surface area contributed by atoms with Crippen LogP contribution in [-0.4, -0.2) is 28.9 Å². The molecule has 0 unspecified atom stereocenters. The first kappa shape index (κ1) is 23.4. The van der Waals surface area contributed by atoms with E-state index in [-0.39, 0.29) is 24.0 Å². The third kappa shape index (κ3) is 7.14. The topological polar surface area (TPSA) is 63.5 Å². The number of ether oxygens (including phenoxy) is 1. The normalized spacial score (nSPS) is 11.2. The maximum atomic E-state index is 5.43. The number of hydrogen-bond donors (Lipinski definition) is 2. The number of nitrogens with zero attached hydrogens (tertiary/aromatic N) is 3. The number of aliphatic imine (C=N–C) groups is 1. The van der Waals surface area contributed by atoms with Crippen LogP contribution in [0.1, 0.15) is 41.9 Å². The summed E-state index contributed by atoms with van der Waals surface area (Å²) in [6.07, 6.45) is 0. The largest absolute Gasteiger partial charge is 0.377 e. The summed E-state index contributed by atoms with van der Waals surface area (Å²) in [7, 11) is 1.97. The van der Waals surface area contributed by atoms with Crippen LogP contribution in [0.25, 0.3) is 0 Å². The van der Waals surface area contributed by atoms with E-state index >= 15 is 0 Å². The van der Waals surface area contributed by atoms with Crippen molar-refractivity contribution in [1.29, 1.82) is 0 Å². The molecule has 0 spiro atoms. The molecule has 6 nitrogen and oxygen atoms in total. The first-order valence-corrected chi connectivity index (χ1v) is 9.21. The number of aryl methyl sites for hydroxylation is 2. The van der Waals surface area contributed by atoms with E-state index in [1.165, 1.54) is 22.4 Å². The highest BCUT2D eigenvalue weighted by atomic mass is 127. The zero-order chi connectivity index (χ0) is 18.9. The summed E-state index contributed by atoms with van der Waals surface area (Å²) in [6.45, 7) is 11.8. The van der Waals surface area contributed by atoms with Gasteiger partial charge in [-0.15, -0.1) is 24.0 Å². The molecule has 0 aliphatic rings. The molecule has 0 amide bonds. The SMILES string of the molecule is CCNC(=NCc1ccc(COCC)cc1)NCc1c(C)nn(C)c1C.I. The van der Waals surface area contributed by atoms with Gasteiger partial charge in [-0.2, -0.15) is 5.10 Å². The molecule has 1 aromatic heterocycles. The van der Waals surface area contributed by atoms with Crippen molar-refractivity contribution in [2.75, 3.05) is 13.2 Å². The Bertz CT molecular complexity index is 725. The van der Waals surface area contributed by atoms with Crippen LogP contribution >= 0.6 is 24.0 Å². The molecule has 2 N–H and O–H groups in total. The van der Waals surface area contributed by atoms with E-state index in [9.17, 15) is 0 Å². The van der Waals surface area contributed by atoms with Gasteiger partial charge in [-0.3, -0.25) is 4.68 Å². The van der Waals surface area contributed by atoms with E-state index in [0.717, 1.165) is 24.8 Å². The van der Waals surface area contributed by atoms with Crippen molar-refractivity contribution in [1.82, 2.24) is 20.4 Å². The number of nitrogens with one attached hydrogen (secondary N) is 2. The molecule has 0 fully saturated rings. The molecule has 2 rings (SSSR count). The van der Waals surface area contributed by atoms with Gasteiger partial charge in [0.25, 0.3) is 0 Å². The smallest absolute Gasteiger partial charge is 0.191 e. The lowest BCUT2D eigenvalue weighted by Gasteiger charge is -2.12. The summed E-state index contributed by atoms with van der Waals surface area (Å²) in [5.41, 5.74) is 5.82. The van der Waals surface area contributed by atoms with E-state index in [1.54, 1.807) is 0 Å². The van der Waals surface area contributed by atoms with Crippen LogP contribution in [-0.2, 0) is 31.5 Å². The Morgan fingerprint density at radius 1 is 1.11 bits per heavy atom. The van der Waals surface area contributed by atoms with Crippen LogP contribution in [0, 0.1) is 13.8 Å². The Morgan fingerprint density at radius 3 is 2.33 bits per heavy atom. The highest BCUT2D eigenvalue weighted by Gasteiger charge is 2.09. The summed E-state index contributed by atoms with van der Waals surface area (Å²) < 4.78 is 7.35. The van der Waals surface area contributed by atoms with Gasteiger partial charge in [0.2, 0.25) is 0 Å². The van der Waals surface area contributed by atoms with Gasteiger partial charge in [-0.25, -0.2) is 4.99 Å². The number of hydrogen-bond acceptors (Lipinski definition) is 3. The standard InChI is InChI=1S/C20H31N5O.HI/c1-6-21-20(23-13-19-15(3)24-25(5)16(19)4)22-12-17-8-10-18(11-9-17)14-26-7-2;/h8-11H,6-7,12-14H2,1-5H3,(H2,21,22,23);1H. The zero-order valence-corrected chi connectivity index (χ0v) is 19.3. The molecule has 0 saturated heterocycles. The first-order chi connectivity index (χ1) is 12.5. The van der Waals surface area contributed by atoms with E-state index < -0.39 is 0 Å². The van der Waals surface area contributed by atoms with Crippen molar-refractivity contribution in [3.05, 3.63) is 52.3 Å². The van der Waals surface area contributed by atoms with E-state index in [2.05, 4.69) is 53.8 Å². The Hall–Kier alpha value is -1.61. The molecule has 150 valence electrons. The lowest BCUT2D eigenvalue weighted by molar-refractivity contribution is 0.134. The van der Waals surface area contributed by atoms with Crippen molar-refractivity contribution in [3.63, 3.8) is 0 Å². The average Bonchev–Trinajstić information content (AvgIpc) is 2.88. The highest BCUT2D eigenvalue weighted by Crippen LogP contribution is 2.11. The third-order valence-corrected chi connectivity index (χ3v) is 4.35. The quantitative estimate of drug-likeness (QED) is 0.342. The second kappa shape index (κ2) is 12.0. The van der Waals surface area contributed by atoms with E-state index in [0.29, 0.717) is 19.7 Å². The molecule has 0 bridgehead atoms. The Labute approximate surface area is 179 Å². The maximum Gasteiger partial charge on any atom is 0.191 e. The Morgan fingerprint density at radius 2 is 1.78 bits per heavy atom. The molecule has 0 atom stereocenters. The minimum atomic E-state index is 0. The molecular formula is C20H32IN5O. The van der Waals surface area contributed by atoms with Gasteiger partial charge in [0.05, 0.1) is 18.8 Å². The molecule has 7 heteroatoms. The summed E-state index contributed by atoms with van der Waals surface area (Å²) in [5, 5.41) is 11.2. The maximum absolute atomic E-state index is 5.43. The van der Waals surface area contributed by atoms with Crippen molar-refractivity contribution in [2.45, 2.75) is 47.4 Å². The molecule has 1 heterocycles. The van der Waals surface area contributed by atoms with Crippen LogP contribution in [0.5, 0.6) is 0 Å². The molecule has 1 aromatic carbocycles. The molecule has 0 aliphatic carbocycles. The molecule has 27 heavy (non-hydrogen) atoms. The number of benzene rings is 1. The third-order valence-electron chi connectivity index (χ3n) is 4.35.